The van der Waals surface area contributed by atoms with E-state index in [1.54, 1.807) is 13.8 Å². The summed E-state index contributed by atoms with van der Waals surface area (Å²) in [5.41, 5.74) is 0. The molecule has 0 spiro atoms. The van der Waals surface area contributed by atoms with Crippen molar-refractivity contribution in [3.05, 3.63) is 0 Å². The summed E-state index contributed by atoms with van der Waals surface area (Å²) in [4.78, 5) is 23.9. The Bertz CT molecular complexity index is 410. The number of ether oxygens (including phenoxy) is 4. The van der Waals surface area contributed by atoms with Crippen molar-refractivity contribution in [3.63, 3.8) is 0 Å². The maximum absolute atomic E-state index is 11.9. The highest BCUT2D eigenvalue weighted by Gasteiger charge is 2.45. The molecule has 134 valence electrons. The van der Waals surface area contributed by atoms with E-state index >= 15 is 0 Å². The van der Waals surface area contributed by atoms with Crippen LogP contribution in [0.15, 0.2) is 0 Å². The van der Waals surface area contributed by atoms with Crippen molar-refractivity contribution in [1.29, 1.82) is 0 Å². The van der Waals surface area contributed by atoms with Crippen molar-refractivity contribution >= 4 is 23.3 Å². The molecule has 1 aliphatic rings. The van der Waals surface area contributed by atoms with Crippen molar-refractivity contribution in [2.75, 3.05) is 26.4 Å². The van der Waals surface area contributed by atoms with E-state index in [9.17, 15) is 18.9 Å². The molecule has 1 fully saturated rings. The molecule has 0 saturated carbocycles. The largest absolute Gasteiger partial charge is 0.465 e. The minimum Gasteiger partial charge on any atom is -0.465 e. The van der Waals surface area contributed by atoms with Gasteiger partial charge in [-0.15, -0.1) is 0 Å². The molecular formula is C12H20O10S. The van der Waals surface area contributed by atoms with Crippen LogP contribution < -0.4 is 0 Å². The Balaban J connectivity index is 2.85. The van der Waals surface area contributed by atoms with Crippen LogP contribution in [0.5, 0.6) is 0 Å². The highest BCUT2D eigenvalue weighted by Crippen LogP contribution is 2.23. The van der Waals surface area contributed by atoms with Crippen molar-refractivity contribution < 1.29 is 46.6 Å². The van der Waals surface area contributed by atoms with Crippen LogP contribution in [-0.2, 0) is 44.1 Å². The molecule has 0 aromatic carbocycles. The summed E-state index contributed by atoms with van der Waals surface area (Å²) in [6.45, 7) is 2.39. The number of carbonyl (C=O) groups is 2. The summed E-state index contributed by atoms with van der Waals surface area (Å²) >= 11 is -2.59. The van der Waals surface area contributed by atoms with E-state index in [0.29, 0.717) is 0 Å². The molecule has 0 aliphatic carbocycles. The molecule has 2 N–H and O–H groups in total. The summed E-state index contributed by atoms with van der Waals surface area (Å²) in [7, 11) is 0. The standard InChI is InChI=1S/C12H20O10S/c1-3-18-10(14)9(11(15)19-4-2)12-20-6-8(22-23(16)17)7(5-13)21-12/h7-9,12-13H,3-6H2,1-2H3,(H,16,17)/t7-,8+,12?/m1/s1. The summed E-state index contributed by atoms with van der Waals surface area (Å²) in [5.74, 6) is -3.28. The summed E-state index contributed by atoms with van der Waals surface area (Å²) in [6.07, 6.45) is -3.46. The van der Waals surface area contributed by atoms with E-state index in [2.05, 4.69) is 4.18 Å². The fraction of sp³-hybridized carbons (Fsp3) is 0.833. The lowest BCUT2D eigenvalue weighted by atomic mass is 10.1. The Morgan fingerprint density at radius 1 is 1.26 bits per heavy atom. The average molecular weight is 356 g/mol. The number of esters is 2. The third-order valence-corrected chi connectivity index (χ3v) is 3.30. The summed E-state index contributed by atoms with van der Waals surface area (Å²) in [5, 5.41) is 9.28. The van der Waals surface area contributed by atoms with Crippen LogP contribution in [0.25, 0.3) is 0 Å². The number of aliphatic hydroxyl groups excluding tert-OH is 1. The molecule has 23 heavy (non-hydrogen) atoms. The minimum absolute atomic E-state index is 0.0418. The first kappa shape index (κ1) is 19.9. The van der Waals surface area contributed by atoms with E-state index in [1.807, 2.05) is 0 Å². The second kappa shape index (κ2) is 9.90. The molecule has 2 unspecified atom stereocenters. The van der Waals surface area contributed by atoms with Gasteiger partial charge in [0, 0.05) is 0 Å². The number of rotatable bonds is 8. The van der Waals surface area contributed by atoms with E-state index < -0.39 is 54.3 Å². The van der Waals surface area contributed by atoms with Crippen LogP contribution in [0.1, 0.15) is 13.8 Å². The van der Waals surface area contributed by atoms with Gasteiger partial charge in [-0.05, 0) is 13.8 Å². The van der Waals surface area contributed by atoms with Gasteiger partial charge in [-0.25, -0.2) is 0 Å². The monoisotopic (exact) mass is 356 g/mol. The van der Waals surface area contributed by atoms with Crippen molar-refractivity contribution in [2.24, 2.45) is 5.92 Å². The van der Waals surface area contributed by atoms with E-state index in [-0.39, 0.29) is 19.8 Å². The maximum Gasteiger partial charge on any atom is 0.325 e. The number of hydrogen-bond acceptors (Lipinski definition) is 9. The zero-order chi connectivity index (χ0) is 17.4. The molecule has 1 aliphatic heterocycles. The highest BCUT2D eigenvalue weighted by atomic mass is 32.2. The van der Waals surface area contributed by atoms with Crippen LogP contribution in [0.3, 0.4) is 0 Å². The van der Waals surface area contributed by atoms with Crippen molar-refractivity contribution in [2.45, 2.75) is 32.3 Å². The van der Waals surface area contributed by atoms with Crippen LogP contribution in [-0.4, -0.2) is 70.7 Å². The fourth-order valence-corrected chi connectivity index (χ4v) is 2.30. The van der Waals surface area contributed by atoms with Crippen LogP contribution in [0.4, 0.5) is 0 Å². The second-order valence-corrected chi connectivity index (χ2v) is 5.02. The van der Waals surface area contributed by atoms with E-state index in [4.69, 9.17) is 23.5 Å². The molecule has 0 bridgehead atoms. The number of hydrogen-bond donors (Lipinski definition) is 2. The van der Waals surface area contributed by atoms with Gasteiger partial charge in [0.05, 0.1) is 26.4 Å². The molecule has 0 radical (unpaired) electrons. The zero-order valence-corrected chi connectivity index (χ0v) is 13.5. The van der Waals surface area contributed by atoms with Gasteiger partial charge in [-0.2, -0.15) is 4.21 Å². The third-order valence-electron chi connectivity index (χ3n) is 2.89. The molecule has 11 heteroatoms. The topological polar surface area (TPSA) is 138 Å². The Morgan fingerprint density at radius 3 is 2.26 bits per heavy atom. The highest BCUT2D eigenvalue weighted by molar-refractivity contribution is 7.74. The lowest BCUT2D eigenvalue weighted by Gasteiger charge is -2.36. The molecule has 0 amide bonds. The van der Waals surface area contributed by atoms with Crippen LogP contribution >= 0.6 is 0 Å². The van der Waals surface area contributed by atoms with Gasteiger partial charge in [0.1, 0.15) is 12.2 Å². The summed E-state index contributed by atoms with van der Waals surface area (Å²) in [6, 6.07) is 0. The molecule has 1 saturated heterocycles. The van der Waals surface area contributed by atoms with Gasteiger partial charge >= 0.3 is 23.3 Å². The van der Waals surface area contributed by atoms with Crippen LogP contribution in [0.2, 0.25) is 0 Å². The quantitative estimate of drug-likeness (QED) is 0.316. The SMILES string of the molecule is CCOC(=O)C(C(=O)OCC)C1OC[C@H](OS(=O)O)[C@@H](CO)O1. The lowest BCUT2D eigenvalue weighted by molar-refractivity contribution is -0.271. The molecule has 1 heterocycles. The summed E-state index contributed by atoms with van der Waals surface area (Å²) < 4.78 is 44.1. The minimum atomic E-state index is -2.59. The number of carbonyl (C=O) groups excluding carboxylic acids is 2. The molecule has 10 nitrogen and oxygen atoms in total. The first-order valence-corrected chi connectivity index (χ1v) is 7.96. The second-order valence-electron chi connectivity index (χ2n) is 4.39. The predicted molar refractivity (Wildman–Crippen MR) is 74.1 cm³/mol. The Morgan fingerprint density at radius 2 is 1.83 bits per heavy atom. The molecule has 4 atom stereocenters. The normalized spacial score (nSPS) is 25.9. The van der Waals surface area contributed by atoms with Gasteiger partial charge in [-0.1, -0.05) is 0 Å². The average Bonchev–Trinajstić information content (AvgIpc) is 2.48. The van der Waals surface area contributed by atoms with Crippen molar-refractivity contribution in [3.8, 4) is 0 Å². The maximum atomic E-state index is 11.9. The first-order valence-electron chi connectivity index (χ1n) is 6.93. The number of aliphatic hydroxyl groups is 1. The fourth-order valence-electron chi connectivity index (χ4n) is 1.91. The predicted octanol–water partition coefficient (Wildman–Crippen LogP) is -1.02. The van der Waals surface area contributed by atoms with Gasteiger partial charge < -0.3 is 24.1 Å². The molecular weight excluding hydrogens is 336 g/mol. The smallest absolute Gasteiger partial charge is 0.325 e. The van der Waals surface area contributed by atoms with E-state index in [0.717, 1.165) is 0 Å². The Kier molecular flexibility index (Phi) is 8.58. The third kappa shape index (κ3) is 5.79. The van der Waals surface area contributed by atoms with Gasteiger partial charge in [0.2, 0.25) is 5.92 Å². The van der Waals surface area contributed by atoms with Gasteiger partial charge in [0.25, 0.3) is 0 Å². The zero-order valence-electron chi connectivity index (χ0n) is 12.7. The van der Waals surface area contributed by atoms with E-state index in [1.165, 1.54) is 0 Å². The Hall–Kier alpha value is -1.11. The van der Waals surface area contributed by atoms with Crippen LogP contribution in [0, 0.1) is 5.92 Å². The van der Waals surface area contributed by atoms with Crippen molar-refractivity contribution in [1.82, 2.24) is 0 Å². The lowest BCUT2D eigenvalue weighted by Crippen LogP contribution is -2.52. The Labute approximate surface area is 135 Å². The van der Waals surface area contributed by atoms with Gasteiger partial charge in [0.15, 0.2) is 6.29 Å². The van der Waals surface area contributed by atoms with Gasteiger partial charge in [-0.3, -0.25) is 18.3 Å². The molecule has 1 rings (SSSR count). The molecule has 0 aromatic heterocycles. The first-order chi connectivity index (χ1) is 10.9. The molecule has 0 aromatic rings.